The molecule has 0 unspecified atom stereocenters. The number of hydrogen-bond acceptors (Lipinski definition) is 3. The molecule has 1 aromatic carbocycles. The molecule has 2 rings (SSSR count). The number of aryl methyl sites for hydroxylation is 1. The highest BCUT2D eigenvalue weighted by Crippen LogP contribution is 2.21. The zero-order chi connectivity index (χ0) is 29.3. The Balaban J connectivity index is 2.89. The second-order valence-corrected chi connectivity index (χ2v) is 5.02. The van der Waals surface area contributed by atoms with Crippen LogP contribution in [0.1, 0.15) is 34.4 Å². The monoisotopic (exact) mass is 312 g/mol. The molecule has 0 aliphatic heterocycles. The minimum absolute atomic E-state index is 0.416. The first kappa shape index (κ1) is 4.32. The summed E-state index contributed by atoms with van der Waals surface area (Å²) in [5.41, 5.74) is -6.19. The van der Waals surface area contributed by atoms with Gasteiger partial charge in [-0.15, -0.1) is 0 Å². The number of hydrogen-bond donors (Lipinski definition) is 2. The van der Waals surface area contributed by atoms with Gasteiger partial charge in [0.1, 0.15) is 0 Å². The van der Waals surface area contributed by atoms with Crippen LogP contribution >= 0.6 is 0 Å². The highest BCUT2D eigenvalue weighted by Gasteiger charge is 2.11. The van der Waals surface area contributed by atoms with Crippen molar-refractivity contribution in [1.82, 2.24) is 14.6 Å². The van der Waals surface area contributed by atoms with Crippen LogP contribution in [0, 0.1) is 0 Å². The van der Waals surface area contributed by atoms with Crippen molar-refractivity contribution in [2.24, 2.45) is 0 Å². The highest BCUT2D eigenvalue weighted by atomic mass is 32.2. The Morgan fingerprint density at radius 3 is 3.10 bits per heavy atom. The zero-order valence-corrected chi connectivity index (χ0v) is 10.7. The number of likely N-dealkylation sites (N-methyl/N-ethyl adjacent to an activating group) is 1. The number of benzene rings is 1. The topological polar surface area (TPSA) is 65.2 Å². The lowest BCUT2D eigenvalue weighted by atomic mass is 10.1. The third-order valence-corrected chi connectivity index (χ3v) is 2.98. The van der Waals surface area contributed by atoms with Gasteiger partial charge in [0.15, 0.2) is 0 Å². The molecule has 20 heavy (non-hydrogen) atoms. The Labute approximate surface area is 143 Å². The van der Waals surface area contributed by atoms with Gasteiger partial charge < -0.3 is 9.88 Å². The molecule has 2 aromatic rings. The molecule has 0 aliphatic carbocycles. The lowest BCUT2D eigenvalue weighted by Crippen LogP contribution is -2.20. The average Bonchev–Trinajstić information content (AvgIpc) is 2.90. The molecule has 0 saturated carbocycles. The predicted octanol–water partition coefficient (Wildman–Crippen LogP) is 1.32. The maximum Gasteiger partial charge on any atom is 0.215 e. The molecule has 2 N–H and O–H groups in total. The van der Waals surface area contributed by atoms with Crippen LogP contribution in [0.3, 0.4) is 0 Å². The molecule has 0 radical (unpaired) electrons. The van der Waals surface area contributed by atoms with Crippen LogP contribution < -0.4 is 4.72 Å². The Hall–Kier alpha value is -1.37. The Bertz CT molecular complexity index is 1290. The first-order valence-corrected chi connectivity index (χ1v) is 6.60. The van der Waals surface area contributed by atoms with E-state index in [0.717, 1.165) is 4.72 Å². The van der Waals surface area contributed by atoms with Crippen molar-refractivity contribution in [3.05, 3.63) is 35.4 Å². The second kappa shape index (κ2) is 5.95. The van der Waals surface area contributed by atoms with Gasteiger partial charge in [0, 0.05) is 41.4 Å². The fourth-order valence-corrected chi connectivity index (χ4v) is 1.85. The molecule has 1 aromatic heterocycles. The van der Waals surface area contributed by atoms with Crippen LogP contribution in [0.5, 0.6) is 0 Å². The van der Waals surface area contributed by atoms with Gasteiger partial charge in [-0.05, 0) is 50.6 Å². The summed E-state index contributed by atoms with van der Waals surface area (Å²) in [6, 6.07) is -3.22. The molecule has 0 amide bonds. The van der Waals surface area contributed by atoms with E-state index in [4.69, 9.17) is 23.3 Å². The predicted molar refractivity (Wildman–Crippen MR) is 82.2 cm³/mol. The Morgan fingerprint density at radius 1 is 1.50 bits per heavy atom. The van der Waals surface area contributed by atoms with Gasteiger partial charge in [-0.25, -0.2) is 13.1 Å². The summed E-state index contributed by atoms with van der Waals surface area (Å²) in [5.74, 6) is 0. The van der Waals surface area contributed by atoms with Gasteiger partial charge in [0.05, 0.1) is 11.2 Å². The quantitative estimate of drug-likeness (QED) is 0.845. The fraction of sp³-hybridized carbons (Fsp3) is 0.429. The van der Waals surface area contributed by atoms with Gasteiger partial charge in [0.25, 0.3) is 0 Å². The van der Waals surface area contributed by atoms with Crippen LogP contribution in [0.25, 0.3) is 10.9 Å². The highest BCUT2D eigenvalue weighted by molar-refractivity contribution is 7.88. The minimum Gasteiger partial charge on any atom is -0.361 e. The van der Waals surface area contributed by atoms with Crippen LogP contribution in [0.2, 0.25) is 0 Å². The minimum atomic E-state index is -5.48. The molecule has 0 atom stereocenters. The molecular formula is C14H21N3O2S. The Morgan fingerprint density at radius 2 is 2.35 bits per heavy atom. The van der Waals surface area contributed by atoms with Crippen molar-refractivity contribution >= 4 is 20.9 Å². The third kappa shape index (κ3) is 3.59. The molecule has 1 heterocycles. The number of nitrogens with one attached hydrogen (secondary N) is 2. The summed E-state index contributed by atoms with van der Waals surface area (Å²) in [6.07, 6.45) is -1.94. The molecule has 0 saturated heterocycles. The second-order valence-electron chi connectivity index (χ2n) is 3.61. The lowest BCUT2D eigenvalue weighted by molar-refractivity contribution is 0.414. The number of aromatic amines is 1. The van der Waals surface area contributed by atoms with Crippen molar-refractivity contribution < 1.29 is 31.7 Å². The van der Waals surface area contributed by atoms with E-state index < -0.39 is 101 Å². The van der Waals surface area contributed by atoms with Crippen molar-refractivity contribution in [3.63, 3.8) is 0 Å². The largest absolute Gasteiger partial charge is 0.361 e. The van der Waals surface area contributed by atoms with Crippen LogP contribution in [0.15, 0.2) is 24.3 Å². The van der Waals surface area contributed by atoms with Crippen molar-refractivity contribution in [3.8, 4) is 0 Å². The van der Waals surface area contributed by atoms with Gasteiger partial charge in [0.2, 0.25) is 10.0 Å². The van der Waals surface area contributed by atoms with Crippen LogP contribution in [-0.4, -0.2) is 45.7 Å². The smallest absolute Gasteiger partial charge is 0.215 e. The summed E-state index contributed by atoms with van der Waals surface area (Å²) in [5, 5.41) is -0.645. The van der Waals surface area contributed by atoms with Crippen molar-refractivity contribution in [2.75, 3.05) is 27.4 Å². The normalized spacial score (nSPS) is 28.1. The Kier molecular flexibility index (Phi) is 1.28. The van der Waals surface area contributed by atoms with E-state index in [-0.39, 0.29) is 0 Å². The summed E-state index contributed by atoms with van der Waals surface area (Å²) in [4.78, 5) is 1.85. The van der Waals surface area contributed by atoms with Crippen LogP contribution in [-0.2, 0) is 22.1 Å². The van der Waals surface area contributed by atoms with E-state index in [1.807, 2.05) is 0 Å². The fourth-order valence-electron chi connectivity index (χ4n) is 1.43. The van der Waals surface area contributed by atoms with E-state index in [0.29, 0.717) is 0 Å². The number of nitrogens with zero attached hydrogens (tertiary/aromatic N) is 1. The first-order chi connectivity index (χ1) is 16.2. The van der Waals surface area contributed by atoms with Gasteiger partial charge >= 0.3 is 0 Å². The summed E-state index contributed by atoms with van der Waals surface area (Å²) >= 11 is 0. The lowest BCUT2D eigenvalue weighted by Gasteiger charge is -2.08. The molecule has 6 heteroatoms. The maximum absolute atomic E-state index is 12.5. The van der Waals surface area contributed by atoms with E-state index in [2.05, 4.69) is 4.98 Å². The molecule has 0 aliphatic rings. The van der Waals surface area contributed by atoms with E-state index in [1.54, 1.807) is 0 Å². The number of fused-ring (bicyclic) bond motifs is 1. The van der Waals surface area contributed by atoms with E-state index in [9.17, 15) is 8.42 Å². The van der Waals surface area contributed by atoms with Crippen molar-refractivity contribution in [2.45, 2.75) is 12.1 Å². The summed E-state index contributed by atoms with van der Waals surface area (Å²) < 4.78 is 157. The average molecular weight is 313 g/mol. The number of rotatable bonds is 6. The van der Waals surface area contributed by atoms with Gasteiger partial charge in [-0.2, -0.15) is 0 Å². The summed E-state index contributed by atoms with van der Waals surface area (Å²) in [7, 11) is -5.48. The zero-order valence-electron chi connectivity index (χ0n) is 26.9. The molecular weight excluding hydrogens is 274 g/mol. The number of sulfonamides is 1. The third-order valence-electron chi connectivity index (χ3n) is 2.24. The number of H-pyrrole nitrogens is 1. The standard InChI is InChI=1S/C14H21N3O2S/c1-15-20(18,19)10-11-4-5-14-13(8-11)12(9-16-14)6-7-17(2)3/h4-5,8-9,15-16H,6-7,10H2,1-3H3/i1D3,2D3,3D3,4D,5D,7D2,8D,9D,10D2. The SMILES string of the molecule is [2H]c1[nH]c2c([2H])c([2H])c(C([2H])([2H])S(=O)(=O)NC([2H])([2H])[2H])c([2H])c2c1CC([2H])([2H])N(C([2H])([2H])[2H])C([2H])([2H])[2H]. The first-order valence-electron chi connectivity index (χ1n) is 13.6. The molecule has 5 nitrogen and oxygen atoms in total. The number of aromatic nitrogens is 1. The molecule has 0 fully saturated rings. The van der Waals surface area contributed by atoms with E-state index >= 15 is 0 Å². The molecule has 0 spiro atoms. The van der Waals surface area contributed by atoms with Gasteiger partial charge in [-0.1, -0.05) is 6.04 Å². The summed E-state index contributed by atoms with van der Waals surface area (Å²) in [6.45, 7) is -13.6. The van der Waals surface area contributed by atoms with Crippen molar-refractivity contribution in [1.29, 1.82) is 0 Å². The van der Waals surface area contributed by atoms with Crippen LogP contribution in [0.4, 0.5) is 0 Å². The molecule has 110 valence electrons. The maximum atomic E-state index is 12.5. The van der Waals surface area contributed by atoms with E-state index in [1.165, 1.54) is 0 Å². The molecule has 0 bridgehead atoms. The van der Waals surface area contributed by atoms with Gasteiger partial charge in [-0.3, -0.25) is 0 Å².